The van der Waals surface area contributed by atoms with Gasteiger partial charge < -0.3 is 9.84 Å². The summed E-state index contributed by atoms with van der Waals surface area (Å²) < 4.78 is 9.23. The molecule has 0 saturated carbocycles. The van der Waals surface area contributed by atoms with E-state index >= 15 is 0 Å². The Morgan fingerprint density at radius 2 is 1.74 bits per heavy atom. The molecule has 0 saturated heterocycles. The van der Waals surface area contributed by atoms with Gasteiger partial charge in [-0.15, -0.1) is 39.1 Å². The Kier molecular flexibility index (Phi) is 6.37. The molecule has 4 aromatic heterocycles. The first-order valence-electron chi connectivity index (χ1n) is 10.6. The average molecular weight is 525 g/mol. The maximum atomic E-state index is 12.6. The molecular weight excluding hydrogens is 504 g/mol. The average Bonchev–Trinajstić information content (AvgIpc) is 3.58. The fourth-order valence-electron chi connectivity index (χ4n) is 3.57. The van der Waals surface area contributed by atoms with E-state index in [1.54, 1.807) is 29.7 Å². The van der Waals surface area contributed by atoms with Crippen LogP contribution in [0.25, 0.3) is 29.7 Å². The van der Waals surface area contributed by atoms with Crippen molar-refractivity contribution >= 4 is 61.3 Å². The minimum atomic E-state index is -0.831. The number of rotatable bonds is 7. The zero-order valence-electron chi connectivity index (χ0n) is 18.7. The number of aromatic nitrogens is 3. The van der Waals surface area contributed by atoms with E-state index in [2.05, 4.69) is 21.7 Å². The summed E-state index contributed by atoms with van der Waals surface area (Å²) in [4.78, 5) is 27.4. The number of benzene rings is 1. The van der Waals surface area contributed by atoms with Crippen LogP contribution in [0.15, 0.2) is 54.6 Å². The normalized spacial score (nSPS) is 12.1. The number of aliphatic carboxylic acids is 1. The van der Waals surface area contributed by atoms with Crippen molar-refractivity contribution in [2.45, 2.75) is 19.4 Å². The van der Waals surface area contributed by atoms with Crippen molar-refractivity contribution in [1.29, 1.82) is 0 Å². The molecule has 0 fully saturated rings. The topological polar surface area (TPSA) is 106 Å². The van der Waals surface area contributed by atoms with Gasteiger partial charge in [-0.3, -0.25) is 10.1 Å². The number of carbonyl (C=O) groups excluding carboxylic acids is 1. The Bertz CT molecular complexity index is 1480. The second-order valence-corrected chi connectivity index (χ2v) is 11.1. The highest BCUT2D eigenvalue weighted by Crippen LogP contribution is 2.44. The van der Waals surface area contributed by atoms with Gasteiger partial charge in [0.05, 0.1) is 11.3 Å². The number of fused-ring (bicyclic) bond motifs is 1. The quantitative estimate of drug-likeness (QED) is 0.254. The van der Waals surface area contributed by atoms with Gasteiger partial charge in [-0.25, -0.2) is 9.48 Å². The monoisotopic (exact) mass is 524 g/mol. The maximum absolute atomic E-state index is 12.6. The van der Waals surface area contributed by atoms with Crippen LogP contribution in [0.2, 0.25) is 0 Å². The van der Waals surface area contributed by atoms with Gasteiger partial charge in [0.2, 0.25) is 0 Å². The third-order valence-corrected chi connectivity index (χ3v) is 8.85. The second kappa shape index (κ2) is 9.61. The summed E-state index contributed by atoms with van der Waals surface area (Å²) >= 11 is 4.70. The summed E-state index contributed by atoms with van der Waals surface area (Å²) in [5, 5.41) is 20.2. The Hall–Kier alpha value is -3.54. The van der Waals surface area contributed by atoms with Crippen LogP contribution in [0.5, 0.6) is 0 Å². The summed E-state index contributed by atoms with van der Waals surface area (Å²) in [6.45, 7) is 1.82. The predicted molar refractivity (Wildman–Crippen MR) is 139 cm³/mol. The molecule has 5 rings (SSSR count). The fourth-order valence-corrected chi connectivity index (χ4v) is 7.03. The minimum Gasteiger partial charge on any atom is -0.481 e. The molecule has 8 nitrogen and oxygen atoms in total. The van der Waals surface area contributed by atoms with Gasteiger partial charge >= 0.3 is 12.1 Å². The number of aryl methyl sites for hydroxylation is 1. The molecule has 1 unspecified atom stereocenters. The van der Waals surface area contributed by atoms with Crippen LogP contribution in [0.1, 0.15) is 23.5 Å². The zero-order valence-corrected chi connectivity index (χ0v) is 21.2. The standard InChI is InChI=1S/C24H20N4O4S3/c1-13(14-6-4-3-5-7-14)32-24(31)25-23-22(26-27-28(23)2)20-12-19-18(35-20)11-17(34-19)16-9-8-15(33-16)10-21(29)30/h3-9,11-13H,10H2,1-2H3,(H,25,31)(H,29,30). The molecular formula is C24H20N4O4S3. The van der Waals surface area contributed by atoms with E-state index < -0.39 is 18.2 Å². The van der Waals surface area contributed by atoms with Gasteiger partial charge in [0.15, 0.2) is 5.82 Å². The molecule has 1 atom stereocenters. The van der Waals surface area contributed by atoms with Gasteiger partial charge in [0.25, 0.3) is 0 Å². The summed E-state index contributed by atoms with van der Waals surface area (Å²) in [5.41, 5.74) is 1.48. The van der Waals surface area contributed by atoms with Crippen LogP contribution in [-0.2, 0) is 23.0 Å². The summed E-state index contributed by atoms with van der Waals surface area (Å²) in [7, 11) is 1.71. The lowest BCUT2D eigenvalue weighted by Crippen LogP contribution is -2.18. The lowest BCUT2D eigenvalue weighted by Gasteiger charge is -2.14. The van der Waals surface area contributed by atoms with Crippen LogP contribution >= 0.6 is 34.0 Å². The molecule has 0 aliphatic heterocycles. The van der Waals surface area contributed by atoms with E-state index in [0.717, 1.165) is 34.5 Å². The van der Waals surface area contributed by atoms with E-state index in [1.165, 1.54) is 16.0 Å². The van der Waals surface area contributed by atoms with Crippen LogP contribution in [0.3, 0.4) is 0 Å². The largest absolute Gasteiger partial charge is 0.481 e. The van der Waals surface area contributed by atoms with Crippen molar-refractivity contribution in [2.75, 3.05) is 5.32 Å². The van der Waals surface area contributed by atoms with Gasteiger partial charge in [-0.1, -0.05) is 35.5 Å². The number of ether oxygens (including phenoxy) is 1. The zero-order chi connectivity index (χ0) is 24.5. The van der Waals surface area contributed by atoms with Crippen molar-refractivity contribution in [3.05, 3.63) is 65.0 Å². The molecule has 0 aliphatic carbocycles. The molecule has 0 radical (unpaired) electrons. The molecule has 1 amide bonds. The number of anilines is 1. The predicted octanol–water partition coefficient (Wildman–Crippen LogP) is 6.42. The van der Waals surface area contributed by atoms with Crippen LogP contribution in [-0.4, -0.2) is 32.2 Å². The molecule has 1 aromatic carbocycles. The smallest absolute Gasteiger partial charge is 0.413 e. The molecule has 2 N–H and O–H groups in total. The lowest BCUT2D eigenvalue weighted by atomic mass is 10.1. The molecule has 0 bridgehead atoms. The molecule has 4 heterocycles. The van der Waals surface area contributed by atoms with Gasteiger partial charge in [0, 0.05) is 31.1 Å². The molecule has 11 heteroatoms. The molecule has 0 spiro atoms. The van der Waals surface area contributed by atoms with E-state index in [4.69, 9.17) is 9.84 Å². The fraction of sp³-hybridized carbons (Fsp3) is 0.167. The van der Waals surface area contributed by atoms with Crippen molar-refractivity contribution in [2.24, 2.45) is 7.05 Å². The summed E-state index contributed by atoms with van der Waals surface area (Å²) in [6, 6.07) is 17.5. The van der Waals surface area contributed by atoms with Crippen LogP contribution < -0.4 is 5.32 Å². The minimum absolute atomic E-state index is 0.0313. The number of nitrogens with one attached hydrogen (secondary N) is 1. The van der Waals surface area contributed by atoms with Gasteiger partial charge in [-0.05, 0) is 36.8 Å². The van der Waals surface area contributed by atoms with Crippen LogP contribution in [0, 0.1) is 0 Å². The van der Waals surface area contributed by atoms with Gasteiger partial charge in [-0.2, -0.15) is 0 Å². The number of hydrogen-bond donors (Lipinski definition) is 2. The highest BCUT2D eigenvalue weighted by atomic mass is 32.1. The van der Waals surface area contributed by atoms with Crippen molar-refractivity contribution in [1.82, 2.24) is 15.0 Å². The Balaban J connectivity index is 1.34. The summed E-state index contributed by atoms with van der Waals surface area (Å²) in [6.07, 6.45) is -0.952. The first kappa shape index (κ1) is 23.2. The van der Waals surface area contributed by atoms with E-state index in [9.17, 15) is 9.59 Å². The molecule has 5 aromatic rings. The number of amides is 1. The molecule has 0 aliphatic rings. The number of thiophene rings is 3. The number of hydrogen-bond acceptors (Lipinski definition) is 8. The second-order valence-electron chi connectivity index (χ2n) is 7.78. The summed E-state index contributed by atoms with van der Waals surface area (Å²) in [5.74, 6) is -0.372. The molecule has 35 heavy (non-hydrogen) atoms. The highest BCUT2D eigenvalue weighted by Gasteiger charge is 2.21. The maximum Gasteiger partial charge on any atom is 0.413 e. The molecule has 178 valence electrons. The van der Waals surface area contributed by atoms with Gasteiger partial charge in [0.1, 0.15) is 11.8 Å². The Morgan fingerprint density at radius 3 is 2.49 bits per heavy atom. The van der Waals surface area contributed by atoms with E-state index in [-0.39, 0.29) is 6.42 Å². The SMILES string of the molecule is CC(OC(=O)Nc1c(-c2cc3sc(-c4ccc(CC(=O)O)s4)cc3s2)nnn1C)c1ccccc1. The third kappa shape index (κ3) is 4.97. The number of carboxylic acids is 1. The number of nitrogens with zero attached hydrogens (tertiary/aromatic N) is 3. The third-order valence-electron chi connectivity index (χ3n) is 5.27. The van der Waals surface area contributed by atoms with E-state index in [0.29, 0.717) is 11.5 Å². The number of carbonyl (C=O) groups is 2. The Morgan fingerprint density at radius 1 is 1.03 bits per heavy atom. The Labute approximate surface area is 212 Å². The first-order chi connectivity index (χ1) is 16.9. The highest BCUT2D eigenvalue weighted by molar-refractivity contribution is 7.32. The lowest BCUT2D eigenvalue weighted by molar-refractivity contribution is -0.136. The number of carboxylic acid groups (broad SMARTS) is 1. The van der Waals surface area contributed by atoms with E-state index in [1.807, 2.05) is 55.5 Å². The first-order valence-corrected chi connectivity index (χ1v) is 13.1. The van der Waals surface area contributed by atoms with Crippen molar-refractivity contribution in [3.8, 4) is 20.3 Å². The van der Waals surface area contributed by atoms with Crippen molar-refractivity contribution < 1.29 is 19.4 Å². The van der Waals surface area contributed by atoms with Crippen molar-refractivity contribution in [3.63, 3.8) is 0 Å². The van der Waals surface area contributed by atoms with Crippen LogP contribution in [0.4, 0.5) is 10.6 Å².